The first-order valence-corrected chi connectivity index (χ1v) is 6.43. The number of hydrogen-bond donors (Lipinski definition) is 1. The van der Waals surface area contributed by atoms with Crippen LogP contribution >= 0.6 is 0 Å². The number of nitrogens with two attached hydrogens (primary N) is 1. The van der Waals surface area contributed by atoms with Gasteiger partial charge in [-0.1, -0.05) is 0 Å². The maximum Gasteiger partial charge on any atom is 0.161 e. The lowest BCUT2D eigenvalue weighted by atomic mass is 10.1. The zero-order chi connectivity index (χ0) is 14.5. The predicted octanol–water partition coefficient (Wildman–Crippen LogP) is 2.05. The fourth-order valence-corrected chi connectivity index (χ4v) is 1.96. The molecule has 0 bridgehead atoms. The first-order valence-electron chi connectivity index (χ1n) is 6.43. The third-order valence-electron chi connectivity index (χ3n) is 2.90. The second kappa shape index (κ2) is 6.34. The summed E-state index contributed by atoms with van der Waals surface area (Å²) in [5, 5.41) is 0. The molecule has 0 radical (unpaired) electrons. The molecule has 0 amide bonds. The average molecular weight is 273 g/mol. The van der Waals surface area contributed by atoms with Gasteiger partial charge in [0.05, 0.1) is 14.2 Å². The van der Waals surface area contributed by atoms with E-state index < -0.39 is 0 Å². The zero-order valence-corrected chi connectivity index (χ0v) is 12.0. The quantitative estimate of drug-likeness (QED) is 0.902. The summed E-state index contributed by atoms with van der Waals surface area (Å²) in [6.45, 7) is 1.96. The number of aromatic nitrogens is 2. The smallest absolute Gasteiger partial charge is 0.161 e. The molecule has 2 aromatic rings. The van der Waals surface area contributed by atoms with Crippen LogP contribution in [0.5, 0.6) is 11.5 Å². The third kappa shape index (κ3) is 3.24. The molecule has 0 fully saturated rings. The lowest BCUT2D eigenvalue weighted by molar-refractivity contribution is 0.355. The van der Waals surface area contributed by atoms with Crippen molar-refractivity contribution < 1.29 is 9.47 Å². The third-order valence-corrected chi connectivity index (χ3v) is 2.90. The summed E-state index contributed by atoms with van der Waals surface area (Å²) in [5.41, 5.74) is 7.67. The minimum absolute atomic E-state index is 0.102. The first kappa shape index (κ1) is 14.3. The van der Waals surface area contributed by atoms with Gasteiger partial charge in [0.25, 0.3) is 0 Å². The van der Waals surface area contributed by atoms with Crippen molar-refractivity contribution in [3.63, 3.8) is 0 Å². The Balaban J connectivity index is 2.27. The normalized spacial score (nSPS) is 12.0. The average Bonchev–Trinajstić information content (AvgIpc) is 2.46. The lowest BCUT2D eigenvalue weighted by Gasteiger charge is -2.09. The second-order valence-corrected chi connectivity index (χ2v) is 4.67. The van der Waals surface area contributed by atoms with Gasteiger partial charge >= 0.3 is 0 Å². The molecule has 5 nitrogen and oxygen atoms in total. The zero-order valence-electron chi connectivity index (χ0n) is 12.0. The van der Waals surface area contributed by atoms with E-state index >= 15 is 0 Å². The summed E-state index contributed by atoms with van der Waals surface area (Å²) in [4.78, 5) is 8.74. The van der Waals surface area contributed by atoms with Crippen LogP contribution in [0.1, 0.15) is 12.5 Å². The molecule has 1 aromatic carbocycles. The maximum atomic E-state index is 5.76. The molecule has 106 valence electrons. The molecule has 0 aliphatic heterocycles. The Hall–Kier alpha value is -2.14. The van der Waals surface area contributed by atoms with E-state index in [0.29, 0.717) is 17.3 Å². The van der Waals surface area contributed by atoms with Gasteiger partial charge in [0.2, 0.25) is 0 Å². The molecule has 2 rings (SSSR count). The Morgan fingerprint density at radius 3 is 2.30 bits per heavy atom. The number of hydrogen-bond acceptors (Lipinski definition) is 5. The number of methoxy groups -OCH3 is 2. The molecule has 1 unspecified atom stereocenters. The SMILES string of the molecule is COc1ccc(-c2ncc(CC(C)N)cn2)cc1OC. The second-order valence-electron chi connectivity index (χ2n) is 4.67. The highest BCUT2D eigenvalue weighted by atomic mass is 16.5. The van der Waals surface area contributed by atoms with E-state index in [4.69, 9.17) is 15.2 Å². The standard InChI is InChI=1S/C15H19N3O2/c1-10(16)6-11-8-17-15(18-9-11)12-4-5-13(19-2)14(7-12)20-3/h4-5,7-10H,6,16H2,1-3H3. The fourth-order valence-electron chi connectivity index (χ4n) is 1.96. The van der Waals surface area contributed by atoms with Crippen molar-refractivity contribution in [2.75, 3.05) is 14.2 Å². The molecule has 1 atom stereocenters. The van der Waals surface area contributed by atoms with Crippen LogP contribution in [0.25, 0.3) is 11.4 Å². The Labute approximate surface area is 118 Å². The van der Waals surface area contributed by atoms with Crippen molar-refractivity contribution in [2.24, 2.45) is 5.73 Å². The van der Waals surface area contributed by atoms with Gasteiger partial charge in [-0.25, -0.2) is 9.97 Å². The van der Waals surface area contributed by atoms with Gasteiger partial charge in [-0.2, -0.15) is 0 Å². The van der Waals surface area contributed by atoms with E-state index in [1.54, 1.807) is 14.2 Å². The summed E-state index contributed by atoms with van der Waals surface area (Å²) in [7, 11) is 3.21. The van der Waals surface area contributed by atoms with E-state index in [9.17, 15) is 0 Å². The Kier molecular flexibility index (Phi) is 4.53. The number of benzene rings is 1. The number of ether oxygens (including phenoxy) is 2. The monoisotopic (exact) mass is 273 g/mol. The van der Waals surface area contributed by atoms with Gasteiger partial charge in [-0.05, 0) is 37.1 Å². The lowest BCUT2D eigenvalue weighted by Crippen LogP contribution is -2.18. The van der Waals surface area contributed by atoms with E-state index in [1.165, 1.54) is 0 Å². The van der Waals surface area contributed by atoms with E-state index in [-0.39, 0.29) is 6.04 Å². The highest BCUT2D eigenvalue weighted by molar-refractivity contribution is 5.60. The van der Waals surface area contributed by atoms with Gasteiger partial charge in [0.1, 0.15) is 0 Å². The minimum Gasteiger partial charge on any atom is -0.493 e. The van der Waals surface area contributed by atoms with Crippen LogP contribution in [0.15, 0.2) is 30.6 Å². The molecular formula is C15H19N3O2. The van der Waals surface area contributed by atoms with Crippen LogP contribution < -0.4 is 15.2 Å². The fraction of sp³-hybridized carbons (Fsp3) is 0.333. The van der Waals surface area contributed by atoms with Crippen LogP contribution in [-0.2, 0) is 6.42 Å². The van der Waals surface area contributed by atoms with Gasteiger partial charge in [0.15, 0.2) is 17.3 Å². The number of rotatable bonds is 5. The molecule has 1 heterocycles. The van der Waals surface area contributed by atoms with Crippen LogP contribution in [0.2, 0.25) is 0 Å². The maximum absolute atomic E-state index is 5.76. The van der Waals surface area contributed by atoms with Gasteiger partial charge in [0, 0.05) is 24.0 Å². The number of nitrogens with zero attached hydrogens (tertiary/aromatic N) is 2. The molecule has 0 aliphatic carbocycles. The Bertz CT molecular complexity index is 568. The van der Waals surface area contributed by atoms with Crippen LogP contribution in [0, 0.1) is 0 Å². The highest BCUT2D eigenvalue weighted by Gasteiger charge is 2.08. The molecule has 0 aliphatic rings. The largest absolute Gasteiger partial charge is 0.493 e. The van der Waals surface area contributed by atoms with E-state index in [0.717, 1.165) is 17.5 Å². The van der Waals surface area contributed by atoms with Gasteiger partial charge < -0.3 is 15.2 Å². The Morgan fingerprint density at radius 2 is 1.75 bits per heavy atom. The van der Waals surface area contributed by atoms with Crippen LogP contribution in [0.3, 0.4) is 0 Å². The summed E-state index contributed by atoms with van der Waals surface area (Å²) < 4.78 is 10.5. The van der Waals surface area contributed by atoms with Crippen LogP contribution in [0.4, 0.5) is 0 Å². The summed E-state index contributed by atoms with van der Waals surface area (Å²) in [6.07, 6.45) is 4.39. The Morgan fingerprint density at radius 1 is 1.10 bits per heavy atom. The van der Waals surface area contributed by atoms with E-state index in [2.05, 4.69) is 9.97 Å². The summed E-state index contributed by atoms with van der Waals surface area (Å²) >= 11 is 0. The molecule has 0 spiro atoms. The van der Waals surface area contributed by atoms with Gasteiger partial charge in [-0.3, -0.25) is 0 Å². The summed E-state index contributed by atoms with van der Waals surface area (Å²) in [5.74, 6) is 2.00. The topological polar surface area (TPSA) is 70.3 Å². The summed E-state index contributed by atoms with van der Waals surface area (Å²) in [6, 6.07) is 5.71. The van der Waals surface area contributed by atoms with Crippen molar-refractivity contribution >= 4 is 0 Å². The van der Waals surface area contributed by atoms with Crippen LogP contribution in [-0.4, -0.2) is 30.2 Å². The molecule has 0 saturated heterocycles. The van der Waals surface area contributed by atoms with Crippen molar-refractivity contribution in [1.82, 2.24) is 9.97 Å². The van der Waals surface area contributed by atoms with Gasteiger partial charge in [-0.15, -0.1) is 0 Å². The van der Waals surface area contributed by atoms with Crippen molar-refractivity contribution in [3.8, 4) is 22.9 Å². The highest BCUT2D eigenvalue weighted by Crippen LogP contribution is 2.30. The molecule has 5 heteroatoms. The van der Waals surface area contributed by atoms with E-state index in [1.807, 2.05) is 37.5 Å². The molecule has 2 N–H and O–H groups in total. The van der Waals surface area contributed by atoms with Crippen molar-refractivity contribution in [3.05, 3.63) is 36.2 Å². The molecule has 0 saturated carbocycles. The first-order chi connectivity index (χ1) is 9.63. The van der Waals surface area contributed by atoms with Crippen molar-refractivity contribution in [1.29, 1.82) is 0 Å². The molecule has 1 aromatic heterocycles. The molecular weight excluding hydrogens is 254 g/mol. The predicted molar refractivity (Wildman–Crippen MR) is 77.9 cm³/mol. The minimum atomic E-state index is 0.102. The molecule has 20 heavy (non-hydrogen) atoms. The van der Waals surface area contributed by atoms with Crippen molar-refractivity contribution in [2.45, 2.75) is 19.4 Å².